The summed E-state index contributed by atoms with van der Waals surface area (Å²) >= 11 is 1.54. The van der Waals surface area contributed by atoms with Crippen molar-refractivity contribution in [1.29, 1.82) is 0 Å². The van der Waals surface area contributed by atoms with E-state index in [4.69, 9.17) is 0 Å². The number of carbonyl (C=O) groups is 1. The fourth-order valence-electron chi connectivity index (χ4n) is 2.64. The molecule has 2 fully saturated rings. The third kappa shape index (κ3) is 2.68. The van der Waals surface area contributed by atoms with Gasteiger partial charge in [0.15, 0.2) is 0 Å². The Morgan fingerprint density at radius 3 is 2.53 bits per heavy atom. The first-order valence-corrected chi connectivity index (χ1v) is 8.00. The molecule has 3 rings (SSSR count). The van der Waals surface area contributed by atoms with Crippen LogP contribution in [0.5, 0.6) is 0 Å². The largest absolute Gasteiger partial charge is 0.338 e. The number of allylic oxidation sites excluding steroid dienone is 1. The summed E-state index contributed by atoms with van der Waals surface area (Å²) in [6.45, 7) is 1.72. The Labute approximate surface area is 118 Å². The van der Waals surface area contributed by atoms with E-state index in [1.165, 1.54) is 24.6 Å². The third-order valence-corrected chi connectivity index (χ3v) is 4.56. The summed E-state index contributed by atoms with van der Waals surface area (Å²) in [5.41, 5.74) is 4.01. The van der Waals surface area contributed by atoms with Gasteiger partial charge in [-0.25, -0.2) is 4.98 Å². The van der Waals surface area contributed by atoms with Crippen LogP contribution in [-0.4, -0.2) is 35.1 Å². The van der Waals surface area contributed by atoms with Crippen LogP contribution in [-0.2, 0) is 0 Å². The second-order valence-corrected chi connectivity index (χ2v) is 5.85. The molecule has 19 heavy (non-hydrogen) atoms. The molecule has 0 radical (unpaired) electrons. The van der Waals surface area contributed by atoms with Crippen molar-refractivity contribution < 1.29 is 4.79 Å². The highest BCUT2D eigenvalue weighted by Gasteiger charge is 2.26. The van der Waals surface area contributed by atoms with Crippen LogP contribution >= 0.6 is 11.8 Å². The number of pyridine rings is 1. The molecule has 0 spiro atoms. The van der Waals surface area contributed by atoms with E-state index in [0.29, 0.717) is 0 Å². The van der Waals surface area contributed by atoms with E-state index in [1.807, 2.05) is 23.3 Å². The van der Waals surface area contributed by atoms with Gasteiger partial charge in [0.1, 0.15) is 5.03 Å². The van der Waals surface area contributed by atoms with Gasteiger partial charge < -0.3 is 4.90 Å². The average Bonchev–Trinajstić information content (AvgIpc) is 3.31. The summed E-state index contributed by atoms with van der Waals surface area (Å²) in [5.74, 6) is 0.136. The minimum absolute atomic E-state index is 0.136. The monoisotopic (exact) mass is 274 g/mol. The molecule has 2 heterocycles. The average molecular weight is 274 g/mol. The molecule has 1 aromatic heterocycles. The molecule has 1 aromatic rings. The fraction of sp³-hybridized carbons (Fsp3) is 0.467. The number of piperidine rings is 1. The van der Waals surface area contributed by atoms with Crippen molar-refractivity contribution in [1.82, 2.24) is 9.88 Å². The van der Waals surface area contributed by atoms with Gasteiger partial charge in [0, 0.05) is 19.3 Å². The quantitative estimate of drug-likeness (QED) is 0.613. The molecule has 1 aliphatic heterocycles. The number of amides is 1. The van der Waals surface area contributed by atoms with Gasteiger partial charge in [0.05, 0.1) is 5.56 Å². The van der Waals surface area contributed by atoms with Crippen LogP contribution in [0, 0.1) is 0 Å². The minimum Gasteiger partial charge on any atom is -0.338 e. The van der Waals surface area contributed by atoms with Gasteiger partial charge in [-0.15, -0.1) is 11.8 Å². The SMILES string of the molecule is CSc1ncccc1C(=O)N1CCC(=C2CC2)CC1. The number of rotatable bonds is 2. The maximum absolute atomic E-state index is 12.5. The molecule has 1 saturated heterocycles. The highest BCUT2D eigenvalue weighted by atomic mass is 32.2. The van der Waals surface area contributed by atoms with E-state index in [0.717, 1.165) is 36.5 Å². The molecule has 0 aromatic carbocycles. The topological polar surface area (TPSA) is 33.2 Å². The second-order valence-electron chi connectivity index (χ2n) is 5.06. The number of likely N-dealkylation sites (tertiary alicyclic amines) is 1. The molecular formula is C15H18N2OS. The highest BCUT2D eigenvalue weighted by molar-refractivity contribution is 7.98. The van der Waals surface area contributed by atoms with Gasteiger partial charge in [-0.3, -0.25) is 4.79 Å². The summed E-state index contributed by atoms with van der Waals surface area (Å²) in [7, 11) is 0. The molecule has 0 atom stereocenters. The van der Waals surface area contributed by atoms with Crippen molar-refractivity contribution in [2.75, 3.05) is 19.3 Å². The minimum atomic E-state index is 0.136. The number of thioether (sulfide) groups is 1. The summed E-state index contributed by atoms with van der Waals surface area (Å²) < 4.78 is 0. The van der Waals surface area contributed by atoms with Crippen molar-refractivity contribution in [3.8, 4) is 0 Å². The van der Waals surface area contributed by atoms with Gasteiger partial charge in [0.2, 0.25) is 0 Å². The number of nitrogens with zero attached hydrogens (tertiary/aromatic N) is 2. The predicted molar refractivity (Wildman–Crippen MR) is 77.4 cm³/mol. The Morgan fingerprint density at radius 2 is 1.89 bits per heavy atom. The predicted octanol–water partition coefficient (Wildman–Crippen LogP) is 3.13. The van der Waals surface area contributed by atoms with Crippen LogP contribution in [0.3, 0.4) is 0 Å². The van der Waals surface area contributed by atoms with E-state index in [2.05, 4.69) is 4.98 Å². The molecular weight excluding hydrogens is 256 g/mol. The van der Waals surface area contributed by atoms with Gasteiger partial charge in [0.25, 0.3) is 5.91 Å². The number of aromatic nitrogens is 1. The molecule has 2 aliphatic rings. The zero-order valence-corrected chi connectivity index (χ0v) is 12.0. The molecule has 3 nitrogen and oxygen atoms in total. The van der Waals surface area contributed by atoms with E-state index < -0.39 is 0 Å². The van der Waals surface area contributed by atoms with E-state index >= 15 is 0 Å². The van der Waals surface area contributed by atoms with E-state index in [9.17, 15) is 4.79 Å². The Morgan fingerprint density at radius 1 is 1.21 bits per heavy atom. The number of hydrogen-bond donors (Lipinski definition) is 0. The smallest absolute Gasteiger partial charge is 0.256 e. The lowest BCUT2D eigenvalue weighted by Gasteiger charge is -2.29. The lowest BCUT2D eigenvalue weighted by atomic mass is 10.0. The Bertz CT molecular complexity index is 523. The maximum atomic E-state index is 12.5. The van der Waals surface area contributed by atoms with E-state index in [-0.39, 0.29) is 5.91 Å². The van der Waals surface area contributed by atoms with Crippen molar-refractivity contribution >= 4 is 17.7 Å². The van der Waals surface area contributed by atoms with Crippen LogP contribution < -0.4 is 0 Å². The fourth-order valence-corrected chi connectivity index (χ4v) is 3.18. The molecule has 1 aliphatic carbocycles. The highest BCUT2D eigenvalue weighted by Crippen LogP contribution is 2.36. The lowest BCUT2D eigenvalue weighted by Crippen LogP contribution is -2.36. The first kappa shape index (κ1) is 12.7. The van der Waals surface area contributed by atoms with E-state index in [1.54, 1.807) is 17.3 Å². The molecule has 1 amide bonds. The first-order valence-electron chi connectivity index (χ1n) is 6.77. The summed E-state index contributed by atoms with van der Waals surface area (Å²) in [6.07, 6.45) is 8.43. The normalized spacial score (nSPS) is 18.7. The second kappa shape index (κ2) is 5.37. The van der Waals surface area contributed by atoms with Crippen LogP contribution in [0.15, 0.2) is 34.5 Å². The molecule has 0 N–H and O–H groups in total. The molecule has 100 valence electrons. The molecule has 4 heteroatoms. The first-order chi connectivity index (χ1) is 9.29. The lowest BCUT2D eigenvalue weighted by molar-refractivity contribution is 0.0739. The Balaban J connectivity index is 1.72. The van der Waals surface area contributed by atoms with Crippen LogP contribution in [0.2, 0.25) is 0 Å². The Kier molecular flexibility index (Phi) is 3.60. The van der Waals surface area contributed by atoms with Crippen LogP contribution in [0.4, 0.5) is 0 Å². The van der Waals surface area contributed by atoms with Crippen molar-refractivity contribution in [2.45, 2.75) is 30.7 Å². The zero-order chi connectivity index (χ0) is 13.2. The third-order valence-electron chi connectivity index (χ3n) is 3.85. The zero-order valence-electron chi connectivity index (χ0n) is 11.2. The number of carbonyl (C=O) groups excluding carboxylic acids is 1. The maximum Gasteiger partial charge on any atom is 0.256 e. The van der Waals surface area contributed by atoms with Crippen LogP contribution in [0.25, 0.3) is 0 Å². The summed E-state index contributed by atoms with van der Waals surface area (Å²) in [4.78, 5) is 18.8. The molecule has 0 unspecified atom stereocenters. The summed E-state index contributed by atoms with van der Waals surface area (Å²) in [5, 5.41) is 0.832. The molecule has 0 bridgehead atoms. The van der Waals surface area contributed by atoms with Crippen molar-refractivity contribution in [3.63, 3.8) is 0 Å². The Hall–Kier alpha value is -1.29. The van der Waals surface area contributed by atoms with Crippen molar-refractivity contribution in [2.24, 2.45) is 0 Å². The van der Waals surface area contributed by atoms with Gasteiger partial charge in [-0.05, 0) is 44.1 Å². The van der Waals surface area contributed by atoms with Gasteiger partial charge in [-0.1, -0.05) is 11.1 Å². The van der Waals surface area contributed by atoms with Gasteiger partial charge in [-0.2, -0.15) is 0 Å². The van der Waals surface area contributed by atoms with Gasteiger partial charge >= 0.3 is 0 Å². The van der Waals surface area contributed by atoms with Crippen molar-refractivity contribution in [3.05, 3.63) is 35.0 Å². The standard InChI is InChI=1S/C15H18N2OS/c1-19-14-13(3-2-8-16-14)15(18)17-9-6-12(7-10-17)11-4-5-11/h2-3,8H,4-7,9-10H2,1H3. The number of hydrogen-bond acceptors (Lipinski definition) is 3. The van der Waals surface area contributed by atoms with Crippen LogP contribution in [0.1, 0.15) is 36.0 Å². The molecule has 1 saturated carbocycles. The summed E-state index contributed by atoms with van der Waals surface area (Å²) in [6, 6.07) is 3.73.